The van der Waals surface area contributed by atoms with Crippen molar-refractivity contribution in [3.05, 3.63) is 65.0 Å². The molecule has 2 aromatic rings. The van der Waals surface area contributed by atoms with Gasteiger partial charge in [-0.2, -0.15) is 0 Å². The zero-order valence-corrected chi connectivity index (χ0v) is 21.7. The topological polar surface area (TPSA) is 110 Å². The van der Waals surface area contributed by atoms with Crippen LogP contribution in [0.25, 0.3) is 0 Å². The average molecular weight is 497 g/mol. The Bertz CT molecular complexity index is 1070. The molecule has 36 heavy (non-hydrogen) atoms. The van der Waals surface area contributed by atoms with E-state index in [2.05, 4.69) is 15.6 Å². The number of carbonyl (C=O) groups is 3. The maximum absolute atomic E-state index is 13.0. The molecule has 3 amide bonds. The molecule has 0 saturated carbocycles. The van der Waals surface area contributed by atoms with Gasteiger partial charge in [-0.25, -0.2) is 9.78 Å². The summed E-state index contributed by atoms with van der Waals surface area (Å²) in [6.07, 6.45) is -0.0383. The van der Waals surface area contributed by atoms with Gasteiger partial charge in [-0.15, -0.1) is 0 Å². The minimum Gasteiger partial charge on any atom is -0.444 e. The van der Waals surface area contributed by atoms with Gasteiger partial charge in [0.15, 0.2) is 0 Å². The molecule has 0 spiro atoms. The Labute approximate surface area is 212 Å². The summed E-state index contributed by atoms with van der Waals surface area (Å²) in [6, 6.07) is 13.0. The summed E-state index contributed by atoms with van der Waals surface area (Å²) in [7, 11) is 1.53. The van der Waals surface area contributed by atoms with E-state index in [9.17, 15) is 14.4 Å². The molecule has 1 unspecified atom stereocenters. The average Bonchev–Trinajstić information content (AvgIpc) is 2.87. The Hall–Kier alpha value is -3.46. The lowest BCUT2D eigenvalue weighted by molar-refractivity contribution is -0.0440. The fraction of sp³-hybridized carbons (Fsp3) is 0.481. The predicted octanol–water partition coefficient (Wildman–Crippen LogP) is 3.35. The van der Waals surface area contributed by atoms with Crippen LogP contribution in [-0.2, 0) is 9.47 Å². The van der Waals surface area contributed by atoms with Gasteiger partial charge in [0.1, 0.15) is 11.3 Å². The molecule has 0 radical (unpaired) electrons. The van der Waals surface area contributed by atoms with E-state index in [1.54, 1.807) is 11.0 Å². The second kappa shape index (κ2) is 12.0. The van der Waals surface area contributed by atoms with Crippen molar-refractivity contribution in [2.24, 2.45) is 0 Å². The molecule has 2 heterocycles. The third-order valence-corrected chi connectivity index (χ3v) is 5.85. The summed E-state index contributed by atoms with van der Waals surface area (Å²) in [5.74, 6) is -0.760. The van der Waals surface area contributed by atoms with Crippen LogP contribution in [0.4, 0.5) is 4.79 Å². The minimum atomic E-state index is -0.562. The first-order chi connectivity index (χ1) is 17.1. The van der Waals surface area contributed by atoms with Crippen molar-refractivity contribution in [3.8, 4) is 0 Å². The van der Waals surface area contributed by atoms with Crippen molar-refractivity contribution in [3.63, 3.8) is 0 Å². The molecule has 194 valence electrons. The van der Waals surface area contributed by atoms with Crippen LogP contribution in [-0.4, -0.2) is 72.8 Å². The van der Waals surface area contributed by atoms with Gasteiger partial charge in [-0.05, 0) is 44.9 Å². The number of amides is 3. The molecule has 1 aromatic heterocycles. The van der Waals surface area contributed by atoms with Crippen LogP contribution in [0.1, 0.15) is 72.1 Å². The molecule has 1 saturated heterocycles. The number of rotatable bonds is 7. The number of hydrogen-bond acceptors (Lipinski definition) is 6. The van der Waals surface area contributed by atoms with Crippen LogP contribution in [0, 0.1) is 0 Å². The highest BCUT2D eigenvalue weighted by Crippen LogP contribution is 2.24. The van der Waals surface area contributed by atoms with Crippen LogP contribution in [0.2, 0.25) is 0 Å². The lowest BCUT2D eigenvalue weighted by Gasteiger charge is -2.34. The monoisotopic (exact) mass is 496 g/mol. The summed E-state index contributed by atoms with van der Waals surface area (Å²) in [5, 5.41) is 5.48. The van der Waals surface area contributed by atoms with Crippen LogP contribution in [0.15, 0.2) is 42.5 Å². The number of hydrogen-bond donors (Lipinski definition) is 2. The predicted molar refractivity (Wildman–Crippen MR) is 136 cm³/mol. The molecule has 0 bridgehead atoms. The number of aromatic nitrogens is 1. The van der Waals surface area contributed by atoms with Crippen LogP contribution >= 0.6 is 0 Å². The molecule has 9 nitrogen and oxygen atoms in total. The number of benzene rings is 1. The molecule has 0 aliphatic carbocycles. The number of nitrogens with one attached hydrogen (secondary N) is 2. The van der Waals surface area contributed by atoms with Crippen molar-refractivity contribution in [2.75, 3.05) is 33.3 Å². The number of nitrogens with zero attached hydrogens (tertiary/aromatic N) is 2. The summed E-state index contributed by atoms with van der Waals surface area (Å²) in [4.78, 5) is 43.8. The molecule has 2 N–H and O–H groups in total. The molecular weight excluding hydrogens is 460 g/mol. The minimum absolute atomic E-state index is 0.100. The normalized spacial score (nSPS) is 16.7. The van der Waals surface area contributed by atoms with Crippen LogP contribution < -0.4 is 10.6 Å². The van der Waals surface area contributed by atoms with E-state index in [1.807, 2.05) is 58.0 Å². The lowest BCUT2D eigenvalue weighted by atomic mass is 9.96. The fourth-order valence-corrected chi connectivity index (χ4v) is 3.90. The first-order valence-corrected chi connectivity index (χ1v) is 12.2. The Kier molecular flexibility index (Phi) is 9.03. The van der Waals surface area contributed by atoms with Gasteiger partial charge in [0.2, 0.25) is 0 Å². The van der Waals surface area contributed by atoms with Gasteiger partial charge in [0, 0.05) is 37.3 Å². The van der Waals surface area contributed by atoms with Crippen molar-refractivity contribution in [1.82, 2.24) is 20.5 Å². The summed E-state index contributed by atoms with van der Waals surface area (Å²) in [5.41, 5.74) is 1.66. The number of morpholine rings is 1. The van der Waals surface area contributed by atoms with E-state index < -0.39 is 5.60 Å². The molecule has 1 fully saturated rings. The van der Waals surface area contributed by atoms with Crippen molar-refractivity contribution in [2.45, 2.75) is 51.7 Å². The fourth-order valence-electron chi connectivity index (χ4n) is 3.90. The molecule has 1 aliphatic heterocycles. The van der Waals surface area contributed by atoms with E-state index in [0.717, 1.165) is 5.56 Å². The quantitative estimate of drug-likeness (QED) is 0.608. The van der Waals surface area contributed by atoms with E-state index in [1.165, 1.54) is 13.1 Å². The third-order valence-electron chi connectivity index (χ3n) is 5.85. The largest absolute Gasteiger partial charge is 0.444 e. The van der Waals surface area contributed by atoms with Crippen molar-refractivity contribution < 1.29 is 23.9 Å². The second-order valence-electron chi connectivity index (χ2n) is 9.84. The number of pyridine rings is 1. The molecule has 2 atom stereocenters. The van der Waals surface area contributed by atoms with E-state index in [-0.39, 0.29) is 35.6 Å². The van der Waals surface area contributed by atoms with E-state index in [0.29, 0.717) is 43.9 Å². The van der Waals surface area contributed by atoms with Gasteiger partial charge in [0.25, 0.3) is 11.8 Å². The van der Waals surface area contributed by atoms with E-state index >= 15 is 0 Å². The number of carbonyl (C=O) groups excluding carboxylic acids is 3. The highest BCUT2D eigenvalue weighted by Gasteiger charge is 2.28. The zero-order valence-electron chi connectivity index (χ0n) is 21.7. The molecular formula is C27H36N4O5. The van der Waals surface area contributed by atoms with Gasteiger partial charge in [-0.3, -0.25) is 9.59 Å². The van der Waals surface area contributed by atoms with Gasteiger partial charge < -0.3 is 25.0 Å². The zero-order chi connectivity index (χ0) is 26.3. The first kappa shape index (κ1) is 27.1. The van der Waals surface area contributed by atoms with Gasteiger partial charge in [0.05, 0.1) is 19.3 Å². The Morgan fingerprint density at radius 1 is 1.17 bits per heavy atom. The highest BCUT2D eigenvalue weighted by molar-refractivity contribution is 5.98. The molecule has 3 rings (SSSR count). The molecule has 9 heteroatoms. The van der Waals surface area contributed by atoms with Crippen molar-refractivity contribution >= 4 is 17.9 Å². The summed E-state index contributed by atoms with van der Waals surface area (Å²) < 4.78 is 11.2. The Balaban J connectivity index is 1.64. The highest BCUT2D eigenvalue weighted by atomic mass is 16.6. The smallest absolute Gasteiger partial charge is 0.410 e. The van der Waals surface area contributed by atoms with Gasteiger partial charge >= 0.3 is 6.09 Å². The summed E-state index contributed by atoms with van der Waals surface area (Å²) >= 11 is 0. The van der Waals surface area contributed by atoms with Crippen LogP contribution in [0.3, 0.4) is 0 Å². The molecule has 1 aromatic carbocycles. The lowest BCUT2D eigenvalue weighted by Crippen LogP contribution is -2.48. The summed E-state index contributed by atoms with van der Waals surface area (Å²) in [6.45, 7) is 9.13. The Morgan fingerprint density at radius 2 is 1.89 bits per heavy atom. The Morgan fingerprint density at radius 3 is 2.56 bits per heavy atom. The molecule has 1 aliphatic rings. The van der Waals surface area contributed by atoms with Gasteiger partial charge in [-0.1, -0.05) is 37.3 Å². The first-order valence-electron chi connectivity index (χ1n) is 12.2. The standard InChI is InChI=1S/C27H36N4O5/c1-18(19-9-7-6-8-10-19)22-15-20(16-23(30-22)25(33)28-5)24(32)29-12-11-21-17-31(13-14-35-21)26(34)36-27(2,3)4/h6-10,15-16,18,21H,11-14,17H2,1-5H3,(H,28,33)(H,29,32)/t18?,21-/m0/s1. The SMILES string of the molecule is CNC(=O)c1cc(C(=O)NCC[C@H]2CN(C(=O)OC(C)(C)C)CCO2)cc(C(C)c2ccccc2)n1. The number of ether oxygens (including phenoxy) is 2. The maximum Gasteiger partial charge on any atom is 0.410 e. The second-order valence-corrected chi connectivity index (χ2v) is 9.84. The third kappa shape index (κ3) is 7.52. The van der Waals surface area contributed by atoms with E-state index in [4.69, 9.17) is 9.47 Å². The van der Waals surface area contributed by atoms with Crippen molar-refractivity contribution in [1.29, 1.82) is 0 Å². The maximum atomic E-state index is 13.0. The van der Waals surface area contributed by atoms with Crippen LogP contribution in [0.5, 0.6) is 0 Å².